The molecule has 2 aromatic carbocycles. The van der Waals surface area contributed by atoms with Gasteiger partial charge in [-0.3, -0.25) is 10.1 Å². The minimum atomic E-state index is -5.09. The van der Waals surface area contributed by atoms with Gasteiger partial charge in [-0.2, -0.15) is 17.9 Å². The van der Waals surface area contributed by atoms with Gasteiger partial charge in [-0.25, -0.2) is 14.6 Å². The molecule has 14 nitrogen and oxygen atoms in total. The van der Waals surface area contributed by atoms with Gasteiger partial charge in [0, 0.05) is 33.6 Å². The number of carbonyl (C=O) groups is 3. The highest BCUT2D eigenvalue weighted by molar-refractivity contribution is 6.30. The van der Waals surface area contributed by atoms with Crippen molar-refractivity contribution in [2.75, 3.05) is 24.9 Å². The predicted molar refractivity (Wildman–Crippen MR) is 167 cm³/mol. The number of aromatic amines is 1. The molecule has 0 radical (unpaired) electrons. The number of tetrazole rings is 1. The Morgan fingerprint density at radius 3 is 2.65 bits per heavy atom. The summed E-state index contributed by atoms with van der Waals surface area (Å²) in [6, 6.07) is 8.34. The molecule has 1 aliphatic heterocycles. The number of alkyl halides is 3. The highest BCUT2D eigenvalue weighted by Gasteiger charge is 2.61. The third-order valence-corrected chi connectivity index (χ3v) is 7.88. The van der Waals surface area contributed by atoms with E-state index in [0.717, 1.165) is 14.2 Å². The molecule has 0 fully saturated rings. The van der Waals surface area contributed by atoms with Crippen LogP contribution in [-0.4, -0.2) is 74.1 Å². The van der Waals surface area contributed by atoms with Gasteiger partial charge in [0.25, 0.3) is 0 Å². The normalized spacial score (nSPS) is 18.1. The zero-order chi connectivity index (χ0) is 34.5. The Balaban J connectivity index is 1.49. The first-order valence-corrected chi connectivity index (χ1v) is 14.8. The van der Waals surface area contributed by atoms with Gasteiger partial charge < -0.3 is 25.1 Å². The fourth-order valence-electron chi connectivity index (χ4n) is 5.27. The monoisotopic (exact) mass is 687 g/mol. The Kier molecular flexibility index (Phi) is 9.98. The lowest BCUT2D eigenvalue weighted by molar-refractivity contribution is -0.200. The van der Waals surface area contributed by atoms with Crippen molar-refractivity contribution in [3.63, 3.8) is 0 Å². The summed E-state index contributed by atoms with van der Waals surface area (Å²) in [5.41, 5.74) is -1.61. The summed E-state index contributed by atoms with van der Waals surface area (Å²) in [4.78, 5) is 45.5. The number of nitrogens with one attached hydrogen (secondary N) is 4. The van der Waals surface area contributed by atoms with E-state index in [2.05, 4.69) is 50.9 Å². The maximum Gasteiger partial charge on any atom is 0.422 e. The molecule has 0 saturated carbocycles. The number of benzene rings is 2. The second kappa shape index (κ2) is 14.1. The molecule has 2 amide bonds. The molecule has 3 heterocycles. The van der Waals surface area contributed by atoms with Crippen molar-refractivity contribution < 1.29 is 37.0 Å². The van der Waals surface area contributed by atoms with Gasteiger partial charge in [-0.05, 0) is 65.7 Å². The lowest BCUT2D eigenvalue weighted by atomic mass is 9.89. The summed E-state index contributed by atoms with van der Waals surface area (Å²) in [6.45, 7) is 0. The number of fused-ring (bicyclic) bond motifs is 4. The molecule has 5 rings (SSSR count). The fraction of sp³-hybridized carbons (Fsp3) is 0.300. The average molecular weight is 688 g/mol. The summed E-state index contributed by atoms with van der Waals surface area (Å²) >= 11 is 6.18. The second-order valence-electron chi connectivity index (χ2n) is 10.7. The van der Waals surface area contributed by atoms with Gasteiger partial charge in [-0.15, -0.1) is 5.10 Å². The van der Waals surface area contributed by atoms with Crippen LogP contribution in [0.5, 0.6) is 0 Å². The van der Waals surface area contributed by atoms with Crippen molar-refractivity contribution in [3.05, 3.63) is 71.4 Å². The van der Waals surface area contributed by atoms with Gasteiger partial charge >= 0.3 is 18.2 Å². The number of amides is 2. The number of hydrogen-bond donors (Lipinski definition) is 4. The van der Waals surface area contributed by atoms with E-state index in [4.69, 9.17) is 11.6 Å². The molecule has 2 bridgehead atoms. The molecule has 4 N–H and O–H groups in total. The van der Waals surface area contributed by atoms with E-state index in [9.17, 15) is 27.6 Å². The first kappa shape index (κ1) is 33.9. The van der Waals surface area contributed by atoms with E-state index in [0.29, 0.717) is 22.1 Å². The predicted octanol–water partition coefficient (Wildman–Crippen LogP) is 5.21. The molecule has 4 aromatic rings. The van der Waals surface area contributed by atoms with Gasteiger partial charge in [0.05, 0.1) is 37.8 Å². The number of hydrogen-bond acceptors (Lipinski definition) is 10. The molecule has 1 unspecified atom stereocenters. The second-order valence-corrected chi connectivity index (χ2v) is 11.1. The van der Waals surface area contributed by atoms with E-state index >= 15 is 0 Å². The van der Waals surface area contributed by atoms with Crippen LogP contribution in [-0.2, 0) is 19.1 Å². The summed E-state index contributed by atoms with van der Waals surface area (Å²) in [6.07, 6.45) is -0.790. The van der Waals surface area contributed by atoms with Crippen molar-refractivity contribution in [1.82, 2.24) is 35.5 Å². The van der Waals surface area contributed by atoms with E-state index in [1.807, 2.05) is 0 Å². The first-order chi connectivity index (χ1) is 22.9. The van der Waals surface area contributed by atoms with Crippen LogP contribution in [0.3, 0.4) is 0 Å². The minimum Gasteiger partial charge on any atom is -0.467 e. The largest absolute Gasteiger partial charge is 0.467 e. The fourth-order valence-corrected chi connectivity index (χ4v) is 5.45. The Hall–Kier alpha value is -5.45. The zero-order valence-corrected chi connectivity index (χ0v) is 26.2. The van der Waals surface area contributed by atoms with Crippen LogP contribution >= 0.6 is 11.6 Å². The molecular weight excluding hydrogens is 659 g/mol. The molecule has 18 heteroatoms. The van der Waals surface area contributed by atoms with E-state index < -0.39 is 42.1 Å². The van der Waals surface area contributed by atoms with Crippen LogP contribution in [0.15, 0.2) is 55.0 Å². The highest BCUT2D eigenvalue weighted by atomic mass is 35.5. The minimum absolute atomic E-state index is 0.0926. The molecule has 48 heavy (non-hydrogen) atoms. The van der Waals surface area contributed by atoms with Gasteiger partial charge in [0.2, 0.25) is 11.4 Å². The van der Waals surface area contributed by atoms with Gasteiger partial charge in [0.1, 0.15) is 12.2 Å². The Morgan fingerprint density at radius 1 is 1.12 bits per heavy atom. The van der Waals surface area contributed by atoms with Crippen LogP contribution in [0.4, 0.5) is 29.3 Å². The zero-order valence-electron chi connectivity index (χ0n) is 25.5. The molecule has 2 atom stereocenters. The van der Waals surface area contributed by atoms with Crippen molar-refractivity contribution in [1.29, 1.82) is 0 Å². The highest BCUT2D eigenvalue weighted by Crippen LogP contribution is 2.42. The molecule has 1 aliphatic rings. The number of imidazole rings is 1. The topological polar surface area (TPSA) is 178 Å². The standard InChI is InChI=1S/C30H29ClF3N9O5/c1-47-27(45)29(30(32,33)34)12-4-3-5-21(38-25(44)11-6-17-13-18(31)7-10-24(17)43-16-36-41-42-43)26-35-15-23(39-26)20-9-8-19(14-22(20)40-29)37-28(46)48-2/h6-11,13-16,21,40H,3-5,12H2,1-2H3,(H,35,39)(H,37,46)(H,38,44)/t21?,29-/m0/s1. The van der Waals surface area contributed by atoms with Gasteiger partial charge in [0.15, 0.2) is 0 Å². The number of carbonyl (C=O) groups excluding carboxylic acids is 3. The van der Waals surface area contributed by atoms with Crippen molar-refractivity contribution >= 4 is 47.0 Å². The molecule has 2 aromatic heterocycles. The molecule has 0 saturated heterocycles. The Labute approximate surface area is 276 Å². The third-order valence-electron chi connectivity index (χ3n) is 7.64. The lowest BCUT2D eigenvalue weighted by Crippen LogP contribution is -2.58. The SMILES string of the molecule is COC(=O)Nc1ccc2c(c1)N[C@@](C(=O)OC)(C(F)(F)F)CCCCC(NC(=O)C=Cc1cc(Cl)ccc1-n1cnnn1)c1ncc-2[nH]1. The number of ether oxygens (including phenoxy) is 2. The van der Waals surface area contributed by atoms with Crippen molar-refractivity contribution in [2.45, 2.75) is 43.4 Å². The number of aromatic nitrogens is 6. The maximum absolute atomic E-state index is 14.8. The van der Waals surface area contributed by atoms with Crippen molar-refractivity contribution in [3.8, 4) is 16.9 Å². The first-order valence-electron chi connectivity index (χ1n) is 14.4. The number of rotatable bonds is 6. The number of methoxy groups -OCH3 is 2. The third kappa shape index (κ3) is 7.25. The molecular formula is C30H29ClF3N9O5. The van der Waals surface area contributed by atoms with Crippen molar-refractivity contribution in [2.24, 2.45) is 0 Å². The number of H-pyrrole nitrogens is 1. The summed E-state index contributed by atoms with van der Waals surface area (Å²) < 4.78 is 55.2. The van der Waals surface area contributed by atoms with Crippen LogP contribution < -0.4 is 16.0 Å². The molecule has 0 aliphatic carbocycles. The van der Waals surface area contributed by atoms with Crippen LogP contribution in [0.2, 0.25) is 5.02 Å². The number of anilines is 2. The summed E-state index contributed by atoms with van der Waals surface area (Å²) in [7, 11) is 2.01. The Morgan fingerprint density at radius 2 is 1.94 bits per heavy atom. The number of nitrogens with zero attached hydrogens (tertiary/aromatic N) is 5. The number of halogens is 4. The number of esters is 1. The summed E-state index contributed by atoms with van der Waals surface area (Å²) in [5.74, 6) is -1.71. The Bertz CT molecular complexity index is 1830. The maximum atomic E-state index is 14.8. The van der Waals surface area contributed by atoms with E-state index in [-0.39, 0.29) is 41.9 Å². The van der Waals surface area contributed by atoms with Crippen LogP contribution in [0.1, 0.15) is 43.1 Å². The van der Waals surface area contributed by atoms with E-state index in [1.54, 1.807) is 18.2 Å². The molecule has 0 spiro atoms. The van der Waals surface area contributed by atoms with E-state index in [1.165, 1.54) is 47.6 Å². The lowest BCUT2D eigenvalue weighted by Gasteiger charge is -2.35. The average Bonchev–Trinajstić information content (AvgIpc) is 3.77. The van der Waals surface area contributed by atoms with Crippen LogP contribution in [0.25, 0.3) is 23.0 Å². The smallest absolute Gasteiger partial charge is 0.422 e. The summed E-state index contributed by atoms with van der Waals surface area (Å²) in [5, 5.41) is 19.2. The van der Waals surface area contributed by atoms with Crippen LogP contribution in [0, 0.1) is 0 Å². The quantitative estimate of drug-likeness (QED) is 0.155. The molecule has 252 valence electrons. The van der Waals surface area contributed by atoms with Gasteiger partial charge in [-0.1, -0.05) is 24.4 Å².